The first-order valence-electron chi connectivity index (χ1n) is 4.84. The maximum Gasteiger partial charge on any atom is 0.345 e. The first kappa shape index (κ1) is 13.3. The maximum atomic E-state index is 11.8. The number of esters is 1. The molecule has 0 fully saturated rings. The van der Waals surface area contributed by atoms with Crippen LogP contribution in [0.5, 0.6) is 5.75 Å². The summed E-state index contributed by atoms with van der Waals surface area (Å²) in [5, 5.41) is 0.731. The molecule has 0 atom stereocenters. The van der Waals surface area contributed by atoms with E-state index in [2.05, 4.69) is 20.9 Å². The van der Waals surface area contributed by atoms with Crippen LogP contribution in [0.4, 0.5) is 0 Å². The Labute approximate surface area is 122 Å². The van der Waals surface area contributed by atoms with Gasteiger partial charge in [-0.1, -0.05) is 23.2 Å². The molecule has 0 saturated heterocycles. The molecule has 0 saturated carbocycles. The summed E-state index contributed by atoms with van der Waals surface area (Å²) < 4.78 is 5.85. The number of hydrogen-bond donors (Lipinski definition) is 0. The molecule has 1 aromatic heterocycles. The van der Waals surface area contributed by atoms with Gasteiger partial charge in [-0.2, -0.15) is 0 Å². The zero-order chi connectivity index (χ0) is 13.1. The van der Waals surface area contributed by atoms with Crippen LogP contribution >= 0.6 is 39.1 Å². The maximum absolute atomic E-state index is 11.8. The SMILES string of the molecule is O=C(Oc1ccc(Cl)c(Cl)c1)c1cncc(Br)c1. The zero-order valence-electron chi connectivity index (χ0n) is 8.86. The average Bonchev–Trinajstić information content (AvgIpc) is 2.34. The minimum absolute atomic E-state index is 0.328. The largest absolute Gasteiger partial charge is 0.423 e. The third-order valence-corrected chi connectivity index (χ3v) is 3.21. The summed E-state index contributed by atoms with van der Waals surface area (Å²) in [7, 11) is 0. The number of ether oxygens (including phenoxy) is 1. The van der Waals surface area contributed by atoms with Crippen LogP contribution in [0.25, 0.3) is 0 Å². The van der Waals surface area contributed by atoms with Gasteiger partial charge in [-0.25, -0.2) is 4.79 Å². The van der Waals surface area contributed by atoms with Gasteiger partial charge in [0.15, 0.2) is 0 Å². The predicted molar refractivity (Wildman–Crippen MR) is 73.4 cm³/mol. The molecule has 0 unspecified atom stereocenters. The molecule has 0 spiro atoms. The molecule has 0 aliphatic carbocycles. The van der Waals surface area contributed by atoms with Crippen molar-refractivity contribution in [3.05, 3.63) is 56.7 Å². The average molecular weight is 347 g/mol. The van der Waals surface area contributed by atoms with Crippen molar-refractivity contribution in [2.24, 2.45) is 0 Å². The molecule has 6 heteroatoms. The van der Waals surface area contributed by atoms with E-state index in [0.717, 1.165) is 0 Å². The quantitative estimate of drug-likeness (QED) is 0.598. The van der Waals surface area contributed by atoms with E-state index in [1.165, 1.54) is 12.3 Å². The monoisotopic (exact) mass is 345 g/mol. The van der Waals surface area contributed by atoms with E-state index in [9.17, 15) is 4.79 Å². The van der Waals surface area contributed by atoms with Gasteiger partial charge in [-0.3, -0.25) is 4.98 Å². The molecule has 0 aliphatic heterocycles. The molecule has 0 aliphatic rings. The van der Waals surface area contributed by atoms with Crippen molar-refractivity contribution in [1.82, 2.24) is 4.98 Å². The highest BCUT2D eigenvalue weighted by molar-refractivity contribution is 9.10. The Morgan fingerprint density at radius 2 is 1.94 bits per heavy atom. The molecule has 2 aromatic rings. The molecule has 0 radical (unpaired) electrons. The van der Waals surface area contributed by atoms with Gasteiger partial charge in [0.1, 0.15) is 5.75 Å². The molecule has 0 bridgehead atoms. The van der Waals surface area contributed by atoms with Crippen molar-refractivity contribution in [1.29, 1.82) is 0 Å². The minimum atomic E-state index is -0.512. The minimum Gasteiger partial charge on any atom is -0.423 e. The van der Waals surface area contributed by atoms with Crippen molar-refractivity contribution in [2.45, 2.75) is 0 Å². The highest BCUT2D eigenvalue weighted by atomic mass is 79.9. The second-order valence-electron chi connectivity index (χ2n) is 3.36. The fraction of sp³-hybridized carbons (Fsp3) is 0. The summed E-state index contributed by atoms with van der Waals surface area (Å²) in [5.74, 6) is -0.184. The van der Waals surface area contributed by atoms with Crippen LogP contribution < -0.4 is 4.74 Å². The van der Waals surface area contributed by atoms with Gasteiger partial charge in [0, 0.05) is 22.9 Å². The smallest absolute Gasteiger partial charge is 0.345 e. The molecular formula is C12H6BrCl2NO2. The number of hydrogen-bond acceptors (Lipinski definition) is 3. The Kier molecular flexibility index (Phi) is 4.22. The Morgan fingerprint density at radius 1 is 1.17 bits per heavy atom. The van der Waals surface area contributed by atoms with Gasteiger partial charge in [-0.15, -0.1) is 0 Å². The molecule has 1 heterocycles. The fourth-order valence-electron chi connectivity index (χ4n) is 1.23. The Morgan fingerprint density at radius 3 is 2.61 bits per heavy atom. The number of rotatable bonds is 2. The normalized spacial score (nSPS) is 10.2. The second-order valence-corrected chi connectivity index (χ2v) is 5.09. The van der Waals surface area contributed by atoms with E-state index < -0.39 is 5.97 Å². The fourth-order valence-corrected chi connectivity index (χ4v) is 1.88. The Bertz CT molecular complexity index is 604. The molecule has 3 nitrogen and oxygen atoms in total. The summed E-state index contributed by atoms with van der Waals surface area (Å²) in [4.78, 5) is 15.7. The van der Waals surface area contributed by atoms with E-state index in [-0.39, 0.29) is 0 Å². The van der Waals surface area contributed by atoms with Crippen molar-refractivity contribution in [3.8, 4) is 5.75 Å². The van der Waals surface area contributed by atoms with Crippen LogP contribution in [-0.2, 0) is 0 Å². The third-order valence-electron chi connectivity index (χ3n) is 2.04. The number of pyridine rings is 1. The lowest BCUT2D eigenvalue weighted by Crippen LogP contribution is -2.08. The van der Waals surface area contributed by atoms with Gasteiger partial charge in [0.25, 0.3) is 0 Å². The zero-order valence-corrected chi connectivity index (χ0v) is 12.0. The Hall–Kier alpha value is -1.10. The lowest BCUT2D eigenvalue weighted by molar-refractivity contribution is 0.0734. The van der Waals surface area contributed by atoms with Crippen LogP contribution in [0.1, 0.15) is 10.4 Å². The van der Waals surface area contributed by atoms with Crippen LogP contribution in [-0.4, -0.2) is 11.0 Å². The molecule has 18 heavy (non-hydrogen) atoms. The van der Waals surface area contributed by atoms with Crippen LogP contribution in [0.15, 0.2) is 41.1 Å². The number of carbonyl (C=O) groups excluding carboxylic acids is 1. The highest BCUT2D eigenvalue weighted by Gasteiger charge is 2.10. The predicted octanol–water partition coefficient (Wildman–Crippen LogP) is 4.37. The summed E-state index contributed by atoms with van der Waals surface area (Å²) in [6.07, 6.45) is 3.00. The summed E-state index contributed by atoms with van der Waals surface area (Å²) in [6, 6.07) is 6.23. The standard InChI is InChI=1S/C12H6BrCl2NO2/c13-8-3-7(5-16-6-8)12(17)18-9-1-2-10(14)11(15)4-9/h1-6H. The molecule has 0 amide bonds. The number of carbonyl (C=O) groups is 1. The van der Waals surface area contributed by atoms with Gasteiger partial charge in [0.05, 0.1) is 15.6 Å². The van der Waals surface area contributed by atoms with E-state index in [1.807, 2.05) is 0 Å². The van der Waals surface area contributed by atoms with Gasteiger partial charge < -0.3 is 4.74 Å². The number of nitrogens with zero attached hydrogens (tertiary/aromatic N) is 1. The van der Waals surface area contributed by atoms with E-state index >= 15 is 0 Å². The summed E-state index contributed by atoms with van der Waals surface area (Å²) in [5.41, 5.74) is 0.343. The van der Waals surface area contributed by atoms with Gasteiger partial charge in [0.2, 0.25) is 0 Å². The van der Waals surface area contributed by atoms with Crippen molar-refractivity contribution in [2.75, 3.05) is 0 Å². The molecule has 0 N–H and O–H groups in total. The molecule has 1 aromatic carbocycles. The molecular weight excluding hydrogens is 341 g/mol. The van der Waals surface area contributed by atoms with Crippen molar-refractivity contribution in [3.63, 3.8) is 0 Å². The highest BCUT2D eigenvalue weighted by Crippen LogP contribution is 2.26. The van der Waals surface area contributed by atoms with Crippen molar-refractivity contribution >= 4 is 45.1 Å². The summed E-state index contributed by atoms with van der Waals surface area (Å²) in [6.45, 7) is 0. The first-order chi connectivity index (χ1) is 8.56. The third kappa shape index (κ3) is 3.22. The van der Waals surface area contributed by atoms with Crippen LogP contribution in [0, 0.1) is 0 Å². The lowest BCUT2D eigenvalue weighted by Gasteiger charge is -2.05. The van der Waals surface area contributed by atoms with Gasteiger partial charge in [-0.05, 0) is 34.1 Å². The molecule has 92 valence electrons. The van der Waals surface area contributed by atoms with Crippen molar-refractivity contribution < 1.29 is 9.53 Å². The van der Waals surface area contributed by atoms with Crippen LogP contribution in [0.2, 0.25) is 10.0 Å². The van der Waals surface area contributed by atoms with Gasteiger partial charge >= 0.3 is 5.97 Å². The number of aromatic nitrogens is 1. The summed E-state index contributed by atoms with van der Waals surface area (Å²) >= 11 is 14.8. The first-order valence-corrected chi connectivity index (χ1v) is 6.39. The topological polar surface area (TPSA) is 39.2 Å². The van der Waals surface area contributed by atoms with E-state index in [1.54, 1.807) is 24.4 Å². The number of benzene rings is 1. The Balaban J connectivity index is 2.18. The molecule has 2 rings (SSSR count). The van der Waals surface area contributed by atoms with Crippen LogP contribution in [0.3, 0.4) is 0 Å². The van der Waals surface area contributed by atoms with E-state index in [4.69, 9.17) is 27.9 Å². The second kappa shape index (κ2) is 5.69. The number of halogens is 3. The lowest BCUT2D eigenvalue weighted by atomic mass is 10.3. The van der Waals surface area contributed by atoms with E-state index in [0.29, 0.717) is 25.8 Å².